The zero-order valence-electron chi connectivity index (χ0n) is 15.8. The number of unbranched alkanes of at least 4 members (excludes halogenated alkanes) is 1. The molecular weight excluding hydrogens is 348 g/mol. The number of hydrogen-bond donors (Lipinski definition) is 2. The summed E-state index contributed by atoms with van der Waals surface area (Å²) in [5.41, 5.74) is 3.41. The largest absolute Gasteiger partial charge is 0.358 e. The molecule has 140 valence electrons. The molecule has 0 unspecified atom stereocenters. The summed E-state index contributed by atoms with van der Waals surface area (Å²) in [6.07, 6.45) is 6.43. The van der Waals surface area contributed by atoms with Crippen molar-refractivity contribution < 1.29 is 4.79 Å². The predicted molar refractivity (Wildman–Crippen MR) is 113 cm³/mol. The summed E-state index contributed by atoms with van der Waals surface area (Å²) in [5.74, 6) is -0.454. The van der Waals surface area contributed by atoms with E-state index in [0.29, 0.717) is 5.69 Å². The summed E-state index contributed by atoms with van der Waals surface area (Å²) < 4.78 is 0. The number of nitrogens with one attached hydrogen (secondary N) is 2. The van der Waals surface area contributed by atoms with Gasteiger partial charge in [0.05, 0.1) is 11.2 Å². The molecule has 0 fully saturated rings. The van der Waals surface area contributed by atoms with E-state index in [0.717, 1.165) is 35.9 Å². The van der Waals surface area contributed by atoms with E-state index in [1.807, 2.05) is 60.7 Å². The quantitative estimate of drug-likeness (QED) is 0.451. The lowest BCUT2D eigenvalue weighted by atomic mass is 10.1. The van der Waals surface area contributed by atoms with Gasteiger partial charge in [0.15, 0.2) is 0 Å². The Kier molecular flexibility index (Phi) is 6.37. The molecule has 0 aliphatic carbocycles. The van der Waals surface area contributed by atoms with Crippen LogP contribution in [-0.2, 0) is 11.2 Å². The van der Waals surface area contributed by atoms with Crippen LogP contribution in [0.4, 0.5) is 11.4 Å². The maximum absolute atomic E-state index is 12.4. The van der Waals surface area contributed by atoms with E-state index in [1.165, 1.54) is 11.8 Å². The minimum absolute atomic E-state index is 0.0111. The molecule has 5 heteroatoms. The van der Waals surface area contributed by atoms with Gasteiger partial charge in [0, 0.05) is 23.5 Å². The van der Waals surface area contributed by atoms with E-state index in [1.54, 1.807) is 6.20 Å². The number of para-hydroxylation sites is 1. The van der Waals surface area contributed by atoms with Crippen LogP contribution in [0.15, 0.2) is 72.6 Å². The first-order valence-electron chi connectivity index (χ1n) is 9.32. The molecule has 0 saturated heterocycles. The van der Waals surface area contributed by atoms with Crippen LogP contribution in [0.25, 0.3) is 10.9 Å². The summed E-state index contributed by atoms with van der Waals surface area (Å²) in [6.45, 7) is 2.16. The van der Waals surface area contributed by atoms with Gasteiger partial charge in [-0.25, -0.2) is 0 Å². The number of carbonyl (C=O) groups is 1. The lowest BCUT2D eigenvalue weighted by Crippen LogP contribution is -2.14. The second kappa shape index (κ2) is 9.33. The van der Waals surface area contributed by atoms with Crippen LogP contribution >= 0.6 is 0 Å². The van der Waals surface area contributed by atoms with Crippen molar-refractivity contribution in [3.63, 3.8) is 0 Å². The number of benzene rings is 2. The van der Waals surface area contributed by atoms with E-state index < -0.39 is 5.91 Å². The Bertz CT molecular complexity index is 1030. The summed E-state index contributed by atoms with van der Waals surface area (Å²) in [6, 6.07) is 19.2. The average Bonchev–Trinajstić information content (AvgIpc) is 2.74. The molecule has 0 bridgehead atoms. The van der Waals surface area contributed by atoms with Crippen molar-refractivity contribution in [1.29, 1.82) is 5.26 Å². The van der Waals surface area contributed by atoms with Gasteiger partial charge in [-0.3, -0.25) is 9.78 Å². The van der Waals surface area contributed by atoms with Gasteiger partial charge in [-0.2, -0.15) is 5.26 Å². The smallest absolute Gasteiger partial charge is 0.267 e. The van der Waals surface area contributed by atoms with Crippen LogP contribution in [0.3, 0.4) is 0 Å². The summed E-state index contributed by atoms with van der Waals surface area (Å²) in [4.78, 5) is 16.8. The van der Waals surface area contributed by atoms with Crippen molar-refractivity contribution in [3.8, 4) is 6.07 Å². The topological polar surface area (TPSA) is 77.8 Å². The summed E-state index contributed by atoms with van der Waals surface area (Å²) >= 11 is 0. The first kappa shape index (κ1) is 19.1. The number of aryl methyl sites for hydroxylation is 1. The number of carbonyl (C=O) groups excluding carboxylic acids is 1. The van der Waals surface area contributed by atoms with Gasteiger partial charge in [-0.05, 0) is 42.7 Å². The Morgan fingerprint density at radius 1 is 1.14 bits per heavy atom. The normalized spacial score (nSPS) is 11.1. The second-order valence-corrected chi connectivity index (χ2v) is 6.45. The lowest BCUT2D eigenvalue weighted by molar-refractivity contribution is -0.112. The van der Waals surface area contributed by atoms with E-state index in [2.05, 4.69) is 22.5 Å². The fraction of sp³-hybridized carbons (Fsp3) is 0.174. The van der Waals surface area contributed by atoms with Gasteiger partial charge in [-0.1, -0.05) is 43.7 Å². The molecule has 0 spiro atoms. The number of pyridine rings is 1. The maximum atomic E-state index is 12.4. The standard InChI is InChI=1S/C23H22N4O/c1-2-3-6-17-10-12-20(13-11-17)27-23(28)19(15-24)16-26-21-9-4-7-18-8-5-14-25-22(18)21/h4-5,7-14,16,26H,2-3,6H2,1H3,(H,27,28)/b19-16-. The first-order valence-corrected chi connectivity index (χ1v) is 9.32. The van der Waals surface area contributed by atoms with Crippen LogP contribution in [-0.4, -0.2) is 10.9 Å². The minimum atomic E-state index is -0.454. The number of hydrogen-bond acceptors (Lipinski definition) is 4. The molecule has 28 heavy (non-hydrogen) atoms. The second-order valence-electron chi connectivity index (χ2n) is 6.45. The summed E-state index contributed by atoms with van der Waals surface area (Å²) in [7, 11) is 0. The predicted octanol–water partition coefficient (Wildman–Crippen LogP) is 5.04. The van der Waals surface area contributed by atoms with E-state index >= 15 is 0 Å². The third-order valence-corrected chi connectivity index (χ3v) is 4.40. The summed E-state index contributed by atoms with van der Waals surface area (Å²) in [5, 5.41) is 16.1. The first-order chi connectivity index (χ1) is 13.7. The van der Waals surface area contributed by atoms with Crippen molar-refractivity contribution in [2.45, 2.75) is 26.2 Å². The number of aromatic nitrogens is 1. The number of rotatable bonds is 7. The van der Waals surface area contributed by atoms with Gasteiger partial charge in [-0.15, -0.1) is 0 Å². The zero-order chi connectivity index (χ0) is 19.8. The van der Waals surface area contributed by atoms with Crippen LogP contribution < -0.4 is 10.6 Å². The molecule has 1 aromatic heterocycles. The van der Waals surface area contributed by atoms with Crippen molar-refractivity contribution in [1.82, 2.24) is 4.98 Å². The molecule has 5 nitrogen and oxygen atoms in total. The zero-order valence-corrected chi connectivity index (χ0v) is 15.8. The number of nitriles is 1. The van der Waals surface area contributed by atoms with E-state index in [4.69, 9.17) is 0 Å². The fourth-order valence-corrected chi connectivity index (χ4v) is 2.85. The monoisotopic (exact) mass is 370 g/mol. The lowest BCUT2D eigenvalue weighted by Gasteiger charge is -2.08. The highest BCUT2D eigenvalue weighted by molar-refractivity contribution is 6.07. The van der Waals surface area contributed by atoms with Crippen molar-refractivity contribution in [2.24, 2.45) is 0 Å². The molecule has 1 heterocycles. The Morgan fingerprint density at radius 3 is 2.68 bits per heavy atom. The van der Waals surface area contributed by atoms with Crippen LogP contribution in [0.1, 0.15) is 25.3 Å². The van der Waals surface area contributed by atoms with Gasteiger partial charge in [0.25, 0.3) is 5.91 Å². The Morgan fingerprint density at radius 2 is 1.93 bits per heavy atom. The molecule has 2 N–H and O–H groups in total. The average molecular weight is 370 g/mol. The van der Waals surface area contributed by atoms with Gasteiger partial charge in [0.1, 0.15) is 11.6 Å². The van der Waals surface area contributed by atoms with Crippen LogP contribution in [0.5, 0.6) is 0 Å². The van der Waals surface area contributed by atoms with Gasteiger partial charge >= 0.3 is 0 Å². The van der Waals surface area contributed by atoms with E-state index in [-0.39, 0.29) is 5.57 Å². The Balaban J connectivity index is 1.70. The van der Waals surface area contributed by atoms with Crippen molar-refractivity contribution >= 4 is 28.2 Å². The molecule has 0 atom stereocenters. The fourth-order valence-electron chi connectivity index (χ4n) is 2.85. The molecular formula is C23H22N4O. The molecule has 1 amide bonds. The van der Waals surface area contributed by atoms with Gasteiger partial charge < -0.3 is 10.6 Å². The van der Waals surface area contributed by atoms with E-state index in [9.17, 15) is 10.1 Å². The highest BCUT2D eigenvalue weighted by Crippen LogP contribution is 2.21. The third-order valence-electron chi connectivity index (χ3n) is 4.40. The molecule has 3 aromatic rings. The van der Waals surface area contributed by atoms with Crippen LogP contribution in [0.2, 0.25) is 0 Å². The highest BCUT2D eigenvalue weighted by Gasteiger charge is 2.10. The van der Waals surface area contributed by atoms with Crippen molar-refractivity contribution in [3.05, 3.63) is 78.1 Å². The molecule has 0 aliphatic heterocycles. The van der Waals surface area contributed by atoms with Crippen LogP contribution in [0, 0.1) is 11.3 Å². The Labute approximate surface area is 164 Å². The molecule has 3 rings (SSSR count). The van der Waals surface area contributed by atoms with Gasteiger partial charge in [0.2, 0.25) is 0 Å². The molecule has 0 saturated carbocycles. The Hall–Kier alpha value is -3.65. The SMILES string of the molecule is CCCCc1ccc(NC(=O)/C(C#N)=C\Nc2cccc3cccnc23)cc1. The molecule has 2 aromatic carbocycles. The molecule has 0 radical (unpaired) electrons. The minimum Gasteiger partial charge on any atom is -0.358 e. The molecule has 0 aliphatic rings. The number of amides is 1. The van der Waals surface area contributed by atoms with Crippen molar-refractivity contribution in [2.75, 3.05) is 10.6 Å². The third kappa shape index (κ3) is 4.74. The highest BCUT2D eigenvalue weighted by atomic mass is 16.1. The number of nitrogens with zero attached hydrogens (tertiary/aromatic N) is 2. The number of anilines is 2. The number of fused-ring (bicyclic) bond motifs is 1. The maximum Gasteiger partial charge on any atom is 0.267 e.